The highest BCUT2D eigenvalue weighted by Gasteiger charge is 2.37. The van der Waals surface area contributed by atoms with Gasteiger partial charge in [0.2, 0.25) is 0 Å². The van der Waals surface area contributed by atoms with Gasteiger partial charge in [0.1, 0.15) is 6.61 Å². The van der Waals surface area contributed by atoms with E-state index in [9.17, 15) is 4.79 Å². The first-order valence-corrected chi connectivity index (χ1v) is 7.44. The molecule has 3 atom stereocenters. The van der Waals surface area contributed by atoms with E-state index in [-0.39, 0.29) is 12.8 Å². The predicted octanol–water partition coefficient (Wildman–Crippen LogP) is 3.22. The van der Waals surface area contributed by atoms with Crippen molar-refractivity contribution in [2.24, 2.45) is 5.92 Å². The van der Waals surface area contributed by atoms with Gasteiger partial charge in [0.25, 0.3) is 0 Å². The molecule has 1 aliphatic carbocycles. The van der Waals surface area contributed by atoms with Crippen molar-refractivity contribution >= 4 is 6.16 Å². The van der Waals surface area contributed by atoms with E-state index in [4.69, 9.17) is 9.47 Å². The summed E-state index contributed by atoms with van der Waals surface area (Å²) in [6.07, 6.45) is 5.19. The van der Waals surface area contributed by atoms with E-state index < -0.39 is 6.16 Å². The van der Waals surface area contributed by atoms with Gasteiger partial charge in [0.15, 0.2) is 6.23 Å². The van der Waals surface area contributed by atoms with Crippen LogP contribution in [0.2, 0.25) is 0 Å². The number of ether oxygens (including phenoxy) is 2. The van der Waals surface area contributed by atoms with Crippen LogP contribution in [0.3, 0.4) is 0 Å². The molecule has 2 unspecified atom stereocenters. The van der Waals surface area contributed by atoms with Crippen molar-refractivity contribution in [2.75, 3.05) is 0 Å². The van der Waals surface area contributed by atoms with Gasteiger partial charge in [-0.15, -0.1) is 0 Å². The molecule has 4 nitrogen and oxygen atoms in total. The van der Waals surface area contributed by atoms with E-state index in [2.05, 4.69) is 5.32 Å². The summed E-state index contributed by atoms with van der Waals surface area (Å²) in [5.74, 6) is 0.663. The zero-order valence-corrected chi connectivity index (χ0v) is 11.6. The van der Waals surface area contributed by atoms with Crippen LogP contribution in [0.1, 0.15) is 37.7 Å². The average Bonchev–Trinajstić information content (AvgIpc) is 2.88. The maximum Gasteiger partial charge on any atom is 0.510 e. The fourth-order valence-electron chi connectivity index (χ4n) is 3.24. The van der Waals surface area contributed by atoms with Crippen LogP contribution in [0.4, 0.5) is 4.79 Å². The largest absolute Gasteiger partial charge is 0.510 e. The third kappa shape index (κ3) is 3.31. The van der Waals surface area contributed by atoms with Crippen molar-refractivity contribution in [1.82, 2.24) is 5.32 Å². The molecule has 0 spiro atoms. The van der Waals surface area contributed by atoms with Gasteiger partial charge < -0.3 is 9.47 Å². The molecule has 0 amide bonds. The minimum Gasteiger partial charge on any atom is -0.429 e. The van der Waals surface area contributed by atoms with E-state index in [1.807, 2.05) is 30.3 Å². The predicted molar refractivity (Wildman–Crippen MR) is 75.0 cm³/mol. The summed E-state index contributed by atoms with van der Waals surface area (Å²) in [6, 6.07) is 10.2. The number of benzene rings is 1. The first kappa shape index (κ1) is 13.4. The Morgan fingerprint density at radius 1 is 1.20 bits per heavy atom. The molecule has 1 heterocycles. The van der Waals surface area contributed by atoms with Crippen LogP contribution in [0.15, 0.2) is 30.3 Å². The van der Waals surface area contributed by atoms with E-state index in [0.29, 0.717) is 12.0 Å². The zero-order chi connectivity index (χ0) is 13.8. The van der Waals surface area contributed by atoms with Gasteiger partial charge in [-0.2, -0.15) is 0 Å². The van der Waals surface area contributed by atoms with Gasteiger partial charge in [0.05, 0.1) is 0 Å². The number of hydrogen-bond acceptors (Lipinski definition) is 4. The third-order valence-corrected chi connectivity index (χ3v) is 4.26. The Kier molecular flexibility index (Phi) is 4.21. The lowest BCUT2D eigenvalue weighted by atomic mass is 9.85. The second-order valence-corrected chi connectivity index (χ2v) is 5.68. The van der Waals surface area contributed by atoms with Crippen LogP contribution in [0, 0.1) is 5.92 Å². The average molecular weight is 275 g/mol. The molecule has 1 aromatic rings. The summed E-state index contributed by atoms with van der Waals surface area (Å²) >= 11 is 0. The molecule has 1 saturated carbocycles. The van der Waals surface area contributed by atoms with Crippen LogP contribution in [0.5, 0.6) is 0 Å². The van der Waals surface area contributed by atoms with Crippen LogP contribution >= 0.6 is 0 Å². The molecule has 1 N–H and O–H groups in total. The Hall–Kier alpha value is -1.55. The minimum absolute atomic E-state index is 0.175. The lowest BCUT2D eigenvalue weighted by Crippen LogP contribution is -2.35. The van der Waals surface area contributed by atoms with Gasteiger partial charge in [-0.05, 0) is 24.3 Å². The molecule has 2 fully saturated rings. The highest BCUT2D eigenvalue weighted by atomic mass is 16.7. The highest BCUT2D eigenvalue weighted by Crippen LogP contribution is 2.33. The standard InChI is InChI=1S/C16H21NO3/c18-16(19-11-12-6-2-1-3-7-12)20-15-10-13-8-4-5-9-14(13)17-15/h1-3,6-7,13-15,17H,4-5,8-11H2/t13?,14-,15?/m1/s1. The van der Waals surface area contributed by atoms with E-state index in [1.165, 1.54) is 25.7 Å². The SMILES string of the molecule is O=C(OCc1ccccc1)OC1CC2CCCC[C@H]2N1. The van der Waals surface area contributed by atoms with Crippen molar-refractivity contribution in [3.8, 4) is 0 Å². The second-order valence-electron chi connectivity index (χ2n) is 5.68. The molecule has 108 valence electrons. The number of carbonyl (C=O) groups is 1. The maximum atomic E-state index is 11.7. The van der Waals surface area contributed by atoms with Crippen molar-refractivity contribution in [3.05, 3.63) is 35.9 Å². The van der Waals surface area contributed by atoms with E-state index in [0.717, 1.165) is 12.0 Å². The zero-order valence-electron chi connectivity index (χ0n) is 11.6. The Bertz CT molecular complexity index is 434. The van der Waals surface area contributed by atoms with Crippen LogP contribution in [-0.2, 0) is 16.1 Å². The Morgan fingerprint density at radius 2 is 2.00 bits per heavy atom. The van der Waals surface area contributed by atoms with Gasteiger partial charge in [0, 0.05) is 12.5 Å². The van der Waals surface area contributed by atoms with Crippen molar-refractivity contribution in [2.45, 2.75) is 51.0 Å². The minimum atomic E-state index is -0.579. The Balaban J connectivity index is 1.43. The first-order chi connectivity index (χ1) is 9.81. The molecule has 3 rings (SSSR count). The molecule has 0 aromatic heterocycles. The van der Waals surface area contributed by atoms with Crippen LogP contribution in [0.25, 0.3) is 0 Å². The number of fused-ring (bicyclic) bond motifs is 1. The lowest BCUT2D eigenvalue weighted by Gasteiger charge is -2.23. The van der Waals surface area contributed by atoms with Crippen LogP contribution < -0.4 is 5.32 Å². The summed E-state index contributed by atoms with van der Waals surface area (Å²) < 4.78 is 10.5. The molecule has 1 aromatic carbocycles. The summed E-state index contributed by atoms with van der Waals surface area (Å²) in [7, 11) is 0. The maximum absolute atomic E-state index is 11.7. The molecule has 2 aliphatic rings. The topological polar surface area (TPSA) is 47.6 Å². The van der Waals surface area contributed by atoms with Gasteiger partial charge in [-0.3, -0.25) is 5.32 Å². The molecule has 20 heavy (non-hydrogen) atoms. The van der Waals surface area contributed by atoms with Gasteiger partial charge in [-0.25, -0.2) is 4.79 Å². The van der Waals surface area contributed by atoms with E-state index >= 15 is 0 Å². The highest BCUT2D eigenvalue weighted by molar-refractivity contribution is 5.60. The van der Waals surface area contributed by atoms with Crippen molar-refractivity contribution in [3.63, 3.8) is 0 Å². The number of hydrogen-bond donors (Lipinski definition) is 1. The third-order valence-electron chi connectivity index (χ3n) is 4.26. The van der Waals surface area contributed by atoms with Gasteiger partial charge >= 0.3 is 6.16 Å². The fourth-order valence-corrected chi connectivity index (χ4v) is 3.24. The molecule has 1 aliphatic heterocycles. The Labute approximate surface area is 119 Å². The summed E-state index contributed by atoms with van der Waals surface area (Å²) in [4.78, 5) is 11.7. The van der Waals surface area contributed by atoms with E-state index in [1.54, 1.807) is 0 Å². The first-order valence-electron chi connectivity index (χ1n) is 7.44. The van der Waals surface area contributed by atoms with Gasteiger partial charge in [-0.1, -0.05) is 43.2 Å². The van der Waals surface area contributed by atoms with Crippen molar-refractivity contribution in [1.29, 1.82) is 0 Å². The van der Waals surface area contributed by atoms with Crippen LogP contribution in [-0.4, -0.2) is 18.4 Å². The summed E-state index contributed by atoms with van der Waals surface area (Å²) in [5, 5.41) is 3.40. The molecule has 1 saturated heterocycles. The molecular formula is C16H21NO3. The lowest BCUT2D eigenvalue weighted by molar-refractivity contribution is 0.0123. The molecule has 4 heteroatoms. The normalized spacial score (nSPS) is 28.7. The second kappa shape index (κ2) is 6.27. The van der Waals surface area contributed by atoms with Crippen molar-refractivity contribution < 1.29 is 14.3 Å². The monoisotopic (exact) mass is 275 g/mol. The number of rotatable bonds is 3. The quantitative estimate of drug-likeness (QED) is 0.860. The Morgan fingerprint density at radius 3 is 2.80 bits per heavy atom. The number of carbonyl (C=O) groups excluding carboxylic acids is 1. The smallest absolute Gasteiger partial charge is 0.429 e. The number of nitrogens with one attached hydrogen (secondary N) is 1. The molecule has 0 radical (unpaired) electrons. The summed E-state index contributed by atoms with van der Waals surface area (Å²) in [6.45, 7) is 0.263. The molecular weight excluding hydrogens is 254 g/mol. The molecule has 0 bridgehead atoms. The summed E-state index contributed by atoms with van der Waals surface area (Å²) in [5.41, 5.74) is 0.970. The fraction of sp³-hybridized carbons (Fsp3) is 0.562.